The minimum atomic E-state index is -2.96. The molecule has 6 nitrogen and oxygen atoms in total. The van der Waals surface area contributed by atoms with Crippen LogP contribution in [0.4, 0.5) is 0 Å². The van der Waals surface area contributed by atoms with Gasteiger partial charge in [0.25, 0.3) is 0 Å². The summed E-state index contributed by atoms with van der Waals surface area (Å²) in [5.74, 6) is 0.518. The van der Waals surface area contributed by atoms with Crippen LogP contribution in [0.25, 0.3) is 0 Å². The topological polar surface area (TPSA) is 69.7 Å². The predicted octanol–water partition coefficient (Wildman–Crippen LogP) is -0.683. The van der Waals surface area contributed by atoms with Gasteiger partial charge in [-0.25, -0.2) is 8.42 Å². The van der Waals surface area contributed by atoms with E-state index in [2.05, 4.69) is 10.2 Å². The summed E-state index contributed by atoms with van der Waals surface area (Å²) in [6.45, 7) is 6.21. The van der Waals surface area contributed by atoms with E-state index in [0.29, 0.717) is 6.54 Å². The van der Waals surface area contributed by atoms with Crippen LogP contribution in [-0.2, 0) is 14.6 Å². The Balaban J connectivity index is 1.91. The molecule has 1 N–H and O–H groups in total. The number of rotatable bonds is 5. The van der Waals surface area contributed by atoms with E-state index in [4.69, 9.17) is 0 Å². The lowest BCUT2D eigenvalue weighted by Gasteiger charge is -2.32. The van der Waals surface area contributed by atoms with E-state index in [1.165, 1.54) is 0 Å². The van der Waals surface area contributed by atoms with Gasteiger partial charge >= 0.3 is 0 Å². The Morgan fingerprint density at radius 2 is 1.95 bits per heavy atom. The third-order valence-electron chi connectivity index (χ3n) is 4.21. The number of amides is 1. The first-order valence-corrected chi connectivity index (χ1v) is 9.29. The fraction of sp³-hybridized carbons (Fsp3) is 0.923. The van der Waals surface area contributed by atoms with Crippen molar-refractivity contribution in [3.05, 3.63) is 0 Å². The van der Waals surface area contributed by atoms with Crippen molar-refractivity contribution in [2.45, 2.75) is 25.8 Å². The number of carbonyl (C=O) groups excluding carboxylic acids is 1. The highest BCUT2D eigenvalue weighted by atomic mass is 32.2. The van der Waals surface area contributed by atoms with Crippen molar-refractivity contribution < 1.29 is 13.2 Å². The van der Waals surface area contributed by atoms with Crippen LogP contribution in [0.15, 0.2) is 0 Å². The highest BCUT2D eigenvalue weighted by molar-refractivity contribution is 7.91. The first-order valence-electron chi connectivity index (χ1n) is 7.47. The second-order valence-corrected chi connectivity index (χ2v) is 7.98. The van der Waals surface area contributed by atoms with Crippen LogP contribution in [0.3, 0.4) is 0 Å². The Kier molecular flexibility index (Phi) is 5.40. The summed E-state index contributed by atoms with van der Waals surface area (Å²) in [4.78, 5) is 16.5. The molecule has 2 fully saturated rings. The van der Waals surface area contributed by atoms with Crippen LogP contribution in [0.2, 0.25) is 0 Å². The molecule has 1 atom stereocenters. The summed E-state index contributed by atoms with van der Waals surface area (Å²) in [6, 6.07) is -0.111. The van der Waals surface area contributed by atoms with Crippen molar-refractivity contribution in [3.63, 3.8) is 0 Å². The van der Waals surface area contributed by atoms with E-state index < -0.39 is 9.84 Å². The molecule has 2 aliphatic heterocycles. The Labute approximate surface area is 121 Å². The van der Waals surface area contributed by atoms with Crippen LogP contribution >= 0.6 is 0 Å². The molecule has 0 radical (unpaired) electrons. The predicted molar refractivity (Wildman–Crippen MR) is 78.4 cm³/mol. The number of hydrogen-bond acceptors (Lipinski definition) is 5. The molecule has 0 aromatic carbocycles. The van der Waals surface area contributed by atoms with Crippen LogP contribution in [0.1, 0.15) is 19.8 Å². The van der Waals surface area contributed by atoms with E-state index >= 15 is 0 Å². The zero-order valence-electron chi connectivity index (χ0n) is 12.2. The number of carbonyl (C=O) groups is 1. The second kappa shape index (κ2) is 6.87. The molecule has 2 heterocycles. The van der Waals surface area contributed by atoms with E-state index in [9.17, 15) is 13.2 Å². The first-order chi connectivity index (χ1) is 9.53. The second-order valence-electron chi connectivity index (χ2n) is 5.51. The average Bonchev–Trinajstić information content (AvgIpc) is 2.94. The van der Waals surface area contributed by atoms with E-state index in [1.807, 2.05) is 4.90 Å². The molecule has 2 saturated heterocycles. The minimum Gasteiger partial charge on any atom is -0.339 e. The summed E-state index contributed by atoms with van der Waals surface area (Å²) in [7, 11) is -2.96. The lowest BCUT2D eigenvalue weighted by molar-refractivity contribution is -0.136. The Morgan fingerprint density at radius 3 is 2.60 bits per heavy atom. The van der Waals surface area contributed by atoms with Crippen molar-refractivity contribution in [1.82, 2.24) is 15.1 Å². The standard InChI is InChI=1S/C13H25N3O3S/c1-2-20(18,19)11-10-15-7-3-4-12(15)13(17)16-8-5-14-6-9-16/h12,14H,2-11H2,1H3. The quantitative estimate of drug-likeness (QED) is 0.728. The van der Waals surface area contributed by atoms with Gasteiger partial charge in [-0.05, 0) is 19.4 Å². The molecule has 116 valence electrons. The smallest absolute Gasteiger partial charge is 0.240 e. The fourth-order valence-electron chi connectivity index (χ4n) is 2.87. The van der Waals surface area contributed by atoms with Gasteiger partial charge in [0, 0.05) is 38.5 Å². The van der Waals surface area contributed by atoms with Gasteiger partial charge in [0.2, 0.25) is 5.91 Å². The lowest BCUT2D eigenvalue weighted by atomic mass is 10.2. The van der Waals surface area contributed by atoms with Gasteiger partial charge in [0.05, 0.1) is 11.8 Å². The van der Waals surface area contributed by atoms with E-state index in [-0.39, 0.29) is 23.5 Å². The molecular formula is C13H25N3O3S. The third kappa shape index (κ3) is 3.93. The molecule has 0 saturated carbocycles. The maximum absolute atomic E-state index is 12.5. The lowest BCUT2D eigenvalue weighted by Crippen LogP contribution is -2.53. The van der Waals surface area contributed by atoms with Gasteiger partial charge in [0.1, 0.15) is 0 Å². The van der Waals surface area contributed by atoms with Crippen molar-refractivity contribution in [2.24, 2.45) is 0 Å². The molecule has 0 aromatic heterocycles. The zero-order chi connectivity index (χ0) is 14.6. The van der Waals surface area contributed by atoms with Crippen molar-refractivity contribution in [2.75, 3.05) is 50.8 Å². The molecule has 20 heavy (non-hydrogen) atoms. The molecule has 0 aliphatic carbocycles. The number of nitrogens with one attached hydrogen (secondary N) is 1. The van der Waals surface area contributed by atoms with E-state index in [1.54, 1.807) is 6.92 Å². The summed E-state index contributed by atoms with van der Waals surface area (Å²) in [6.07, 6.45) is 1.84. The summed E-state index contributed by atoms with van der Waals surface area (Å²) >= 11 is 0. The largest absolute Gasteiger partial charge is 0.339 e. The zero-order valence-corrected chi connectivity index (χ0v) is 13.0. The molecule has 7 heteroatoms. The average molecular weight is 303 g/mol. The maximum atomic E-state index is 12.5. The van der Waals surface area contributed by atoms with Gasteiger partial charge in [-0.15, -0.1) is 0 Å². The maximum Gasteiger partial charge on any atom is 0.240 e. The summed E-state index contributed by atoms with van der Waals surface area (Å²) in [5, 5.41) is 3.24. The van der Waals surface area contributed by atoms with Crippen molar-refractivity contribution in [3.8, 4) is 0 Å². The van der Waals surface area contributed by atoms with Crippen LogP contribution in [0, 0.1) is 0 Å². The Morgan fingerprint density at radius 1 is 1.25 bits per heavy atom. The van der Waals surface area contributed by atoms with Crippen LogP contribution in [-0.4, -0.2) is 80.9 Å². The SMILES string of the molecule is CCS(=O)(=O)CCN1CCCC1C(=O)N1CCNCC1. The Bertz CT molecular complexity index is 432. The highest BCUT2D eigenvalue weighted by Gasteiger charge is 2.34. The molecule has 1 unspecified atom stereocenters. The number of nitrogens with zero attached hydrogens (tertiary/aromatic N) is 2. The third-order valence-corrected chi connectivity index (χ3v) is 5.89. The van der Waals surface area contributed by atoms with E-state index in [0.717, 1.165) is 45.6 Å². The molecule has 2 aliphatic rings. The van der Waals surface area contributed by atoms with Gasteiger partial charge < -0.3 is 10.2 Å². The molecule has 0 bridgehead atoms. The summed E-state index contributed by atoms with van der Waals surface area (Å²) < 4.78 is 23.2. The normalized spacial score (nSPS) is 25.1. The van der Waals surface area contributed by atoms with Crippen molar-refractivity contribution in [1.29, 1.82) is 0 Å². The minimum absolute atomic E-state index is 0.111. The molecule has 1 amide bonds. The number of likely N-dealkylation sites (tertiary alicyclic amines) is 1. The monoisotopic (exact) mass is 303 g/mol. The highest BCUT2D eigenvalue weighted by Crippen LogP contribution is 2.19. The summed E-state index contributed by atoms with van der Waals surface area (Å²) in [5.41, 5.74) is 0. The number of hydrogen-bond donors (Lipinski definition) is 1. The molecule has 2 rings (SSSR count). The molecule has 0 spiro atoms. The van der Waals surface area contributed by atoms with Gasteiger partial charge in [-0.1, -0.05) is 6.92 Å². The van der Waals surface area contributed by atoms with Crippen molar-refractivity contribution >= 4 is 15.7 Å². The van der Waals surface area contributed by atoms with Crippen LogP contribution < -0.4 is 5.32 Å². The van der Waals surface area contributed by atoms with Crippen LogP contribution in [0.5, 0.6) is 0 Å². The molecule has 0 aromatic rings. The first kappa shape index (κ1) is 15.7. The Hall–Kier alpha value is -0.660. The van der Waals surface area contributed by atoms with Gasteiger partial charge in [0.15, 0.2) is 9.84 Å². The fourth-order valence-corrected chi connectivity index (χ4v) is 3.67. The number of sulfone groups is 1. The number of piperazine rings is 1. The van der Waals surface area contributed by atoms with Gasteiger partial charge in [-0.3, -0.25) is 9.69 Å². The van der Waals surface area contributed by atoms with Gasteiger partial charge in [-0.2, -0.15) is 0 Å². The molecular weight excluding hydrogens is 278 g/mol.